The summed E-state index contributed by atoms with van der Waals surface area (Å²) in [4.78, 5) is 35.0. The van der Waals surface area contributed by atoms with Crippen LogP contribution in [0.15, 0.2) is 41.2 Å². The van der Waals surface area contributed by atoms with Gasteiger partial charge in [-0.25, -0.2) is 4.98 Å². The molecule has 1 fully saturated rings. The van der Waals surface area contributed by atoms with E-state index in [1.54, 1.807) is 6.92 Å². The molecule has 2 aliphatic rings. The molecule has 3 aromatic rings. The zero-order chi connectivity index (χ0) is 27.0. The maximum atomic E-state index is 13.3. The summed E-state index contributed by atoms with van der Waals surface area (Å²) in [5, 5.41) is 3.98. The van der Waals surface area contributed by atoms with Crippen LogP contribution in [0.3, 0.4) is 0 Å². The number of carbonyl (C=O) groups excluding carboxylic acids is 1. The Labute approximate surface area is 225 Å². The molecule has 6 nitrogen and oxygen atoms in total. The van der Waals surface area contributed by atoms with E-state index in [4.69, 9.17) is 4.98 Å². The van der Waals surface area contributed by atoms with Gasteiger partial charge in [0.1, 0.15) is 5.82 Å². The minimum atomic E-state index is -0.159. The molecule has 1 aromatic heterocycles. The highest BCUT2D eigenvalue weighted by Crippen LogP contribution is 2.48. The van der Waals surface area contributed by atoms with Crippen molar-refractivity contribution in [3.05, 3.63) is 69.3 Å². The number of aromatic nitrogens is 2. The summed E-state index contributed by atoms with van der Waals surface area (Å²) in [6, 6.07) is 10.4. The van der Waals surface area contributed by atoms with Crippen molar-refractivity contribution in [2.45, 2.75) is 78.7 Å². The fraction of sp³-hybridized carbons (Fsp3) is 0.469. The molecule has 200 valence electrons. The summed E-state index contributed by atoms with van der Waals surface area (Å²) in [6.07, 6.45) is 9.58. The van der Waals surface area contributed by atoms with E-state index in [1.165, 1.54) is 35.1 Å². The van der Waals surface area contributed by atoms with Crippen LogP contribution in [0.25, 0.3) is 27.7 Å². The van der Waals surface area contributed by atoms with Crippen LogP contribution < -0.4 is 10.9 Å². The number of benzene rings is 2. The number of hydrogen-bond donors (Lipinski definition) is 2. The maximum absolute atomic E-state index is 13.3. The molecular formula is C32H40N4O2. The molecule has 2 heterocycles. The molecule has 1 amide bonds. The van der Waals surface area contributed by atoms with Crippen LogP contribution in [0.4, 0.5) is 0 Å². The maximum Gasteiger partial charge on any atom is 0.258 e. The Morgan fingerprint density at radius 2 is 2.00 bits per heavy atom. The second-order valence-corrected chi connectivity index (χ2v) is 11.1. The number of allylic oxidation sites excluding steroid dienone is 1. The average Bonchev–Trinajstić information content (AvgIpc) is 3.56. The number of carbonyl (C=O) groups is 1. The highest BCUT2D eigenvalue weighted by atomic mass is 16.2. The van der Waals surface area contributed by atoms with E-state index in [1.807, 2.05) is 24.1 Å². The second kappa shape index (κ2) is 10.4. The minimum absolute atomic E-state index is 0.0217. The van der Waals surface area contributed by atoms with Crippen LogP contribution in [0.1, 0.15) is 88.4 Å². The molecule has 1 aliphatic heterocycles. The lowest BCUT2D eigenvalue weighted by molar-refractivity contribution is -0.129. The van der Waals surface area contributed by atoms with Gasteiger partial charge in [0.05, 0.1) is 16.9 Å². The third-order valence-corrected chi connectivity index (χ3v) is 8.92. The number of H-pyrrole nitrogens is 1. The lowest BCUT2D eigenvalue weighted by Gasteiger charge is -2.27. The van der Waals surface area contributed by atoms with Crippen molar-refractivity contribution in [1.82, 2.24) is 20.2 Å². The van der Waals surface area contributed by atoms with Crippen LogP contribution in [0, 0.1) is 5.41 Å². The van der Waals surface area contributed by atoms with Crippen molar-refractivity contribution in [3.63, 3.8) is 0 Å². The quantitative estimate of drug-likeness (QED) is 0.398. The molecule has 0 saturated carbocycles. The molecule has 5 rings (SSSR count). The second-order valence-electron chi connectivity index (χ2n) is 11.1. The van der Waals surface area contributed by atoms with Gasteiger partial charge in [0, 0.05) is 31.8 Å². The predicted octanol–water partition coefficient (Wildman–Crippen LogP) is 6.15. The van der Waals surface area contributed by atoms with Crippen molar-refractivity contribution in [3.8, 4) is 11.1 Å². The fourth-order valence-corrected chi connectivity index (χ4v) is 6.91. The van der Waals surface area contributed by atoms with Crippen LogP contribution >= 0.6 is 0 Å². The largest absolute Gasteiger partial charge is 0.388 e. The van der Waals surface area contributed by atoms with Gasteiger partial charge >= 0.3 is 0 Å². The number of aromatic amines is 1. The van der Waals surface area contributed by atoms with Gasteiger partial charge in [0.15, 0.2) is 0 Å². The van der Waals surface area contributed by atoms with Crippen molar-refractivity contribution >= 4 is 22.5 Å². The smallest absolute Gasteiger partial charge is 0.258 e. The van der Waals surface area contributed by atoms with E-state index in [9.17, 15) is 9.59 Å². The Morgan fingerprint density at radius 3 is 2.68 bits per heavy atom. The van der Waals surface area contributed by atoms with Crippen LogP contribution in [-0.2, 0) is 17.6 Å². The predicted molar refractivity (Wildman–Crippen MR) is 155 cm³/mol. The van der Waals surface area contributed by atoms with E-state index in [0.29, 0.717) is 23.3 Å². The standard InChI is InChI=1S/C32H40N4O2/c1-6-15-32(8-3)18-25-22(12-13-23(26(25)19-32)27(7-2)33-5)21-11-14-28-24(17-21)31(38)35-30(34-28)29-10-9-16-36(29)20(4)37/h7,11-14,17,29,33H,6,8-10,15-16,18-19H2,1-5H3,(H,34,35,38)/b27-7-. The Kier molecular flexibility index (Phi) is 7.17. The van der Waals surface area contributed by atoms with Gasteiger partial charge in [-0.1, -0.05) is 44.5 Å². The van der Waals surface area contributed by atoms with Crippen molar-refractivity contribution in [1.29, 1.82) is 0 Å². The fourth-order valence-electron chi connectivity index (χ4n) is 6.91. The summed E-state index contributed by atoms with van der Waals surface area (Å²) in [7, 11) is 1.99. The van der Waals surface area contributed by atoms with Crippen molar-refractivity contribution in [2.24, 2.45) is 5.41 Å². The molecule has 2 unspecified atom stereocenters. The summed E-state index contributed by atoms with van der Waals surface area (Å²) in [5.41, 5.74) is 8.39. The third kappa shape index (κ3) is 4.44. The first kappa shape index (κ1) is 26.2. The first-order valence-electron chi connectivity index (χ1n) is 14.2. The number of likely N-dealkylation sites (tertiary alicyclic amines) is 1. The minimum Gasteiger partial charge on any atom is -0.388 e. The summed E-state index contributed by atoms with van der Waals surface area (Å²) < 4.78 is 0. The number of amides is 1. The first-order chi connectivity index (χ1) is 18.3. The summed E-state index contributed by atoms with van der Waals surface area (Å²) >= 11 is 0. The first-order valence-corrected chi connectivity index (χ1v) is 14.2. The molecule has 38 heavy (non-hydrogen) atoms. The van der Waals surface area contributed by atoms with Crippen LogP contribution in [0.2, 0.25) is 0 Å². The molecule has 1 aliphatic carbocycles. The molecule has 0 spiro atoms. The molecule has 0 bridgehead atoms. The number of fused-ring (bicyclic) bond motifs is 2. The van der Waals surface area contributed by atoms with Gasteiger partial charge in [-0.05, 0) is 85.3 Å². The topological polar surface area (TPSA) is 78.1 Å². The van der Waals surface area contributed by atoms with E-state index < -0.39 is 0 Å². The van der Waals surface area contributed by atoms with Gasteiger partial charge in [-0.15, -0.1) is 0 Å². The lowest BCUT2D eigenvalue weighted by Crippen LogP contribution is -2.30. The zero-order valence-electron chi connectivity index (χ0n) is 23.4. The normalized spacial score (nSPS) is 21.2. The molecule has 2 aromatic carbocycles. The number of nitrogens with one attached hydrogen (secondary N) is 2. The number of hydrogen-bond acceptors (Lipinski definition) is 4. The van der Waals surface area contributed by atoms with Crippen molar-refractivity contribution in [2.75, 3.05) is 13.6 Å². The van der Waals surface area contributed by atoms with Gasteiger partial charge in [0.25, 0.3) is 5.56 Å². The molecule has 2 N–H and O–H groups in total. The highest BCUT2D eigenvalue weighted by molar-refractivity contribution is 5.86. The monoisotopic (exact) mass is 512 g/mol. The summed E-state index contributed by atoms with van der Waals surface area (Å²) in [5.74, 6) is 0.611. The molecule has 0 radical (unpaired) electrons. The molecule has 1 saturated heterocycles. The van der Waals surface area contributed by atoms with Gasteiger partial charge in [-0.2, -0.15) is 0 Å². The third-order valence-electron chi connectivity index (χ3n) is 8.92. The Balaban J connectivity index is 1.61. The SMILES string of the molecule is C/C=C(\NC)c1ccc(-c2ccc3nc(C4CCCN4C(C)=O)[nH]c(=O)c3c2)c2c1CC(CC)(CCC)C2. The van der Waals surface area contributed by atoms with E-state index in [-0.39, 0.29) is 22.9 Å². The average molecular weight is 513 g/mol. The lowest BCUT2D eigenvalue weighted by atomic mass is 9.78. The van der Waals surface area contributed by atoms with Crippen LogP contribution in [-0.4, -0.2) is 34.4 Å². The van der Waals surface area contributed by atoms with Crippen molar-refractivity contribution < 1.29 is 4.79 Å². The van der Waals surface area contributed by atoms with Gasteiger partial charge in [0.2, 0.25) is 5.91 Å². The molecule has 2 atom stereocenters. The van der Waals surface area contributed by atoms with E-state index in [2.05, 4.69) is 55.3 Å². The Morgan fingerprint density at radius 1 is 1.21 bits per heavy atom. The van der Waals surface area contributed by atoms with Gasteiger partial charge in [-0.3, -0.25) is 9.59 Å². The van der Waals surface area contributed by atoms with Crippen LogP contribution in [0.5, 0.6) is 0 Å². The van der Waals surface area contributed by atoms with E-state index >= 15 is 0 Å². The molecular weight excluding hydrogens is 472 g/mol. The highest BCUT2D eigenvalue weighted by Gasteiger charge is 2.38. The summed E-state index contributed by atoms with van der Waals surface area (Å²) in [6.45, 7) is 8.98. The number of rotatable bonds is 7. The van der Waals surface area contributed by atoms with Gasteiger partial charge < -0.3 is 15.2 Å². The zero-order valence-corrected chi connectivity index (χ0v) is 23.4. The Hall–Kier alpha value is -3.41. The molecule has 6 heteroatoms. The Bertz CT molecular complexity index is 1470. The number of nitrogens with zero attached hydrogens (tertiary/aromatic N) is 2. The van der Waals surface area contributed by atoms with E-state index in [0.717, 1.165) is 43.4 Å².